The van der Waals surface area contributed by atoms with Gasteiger partial charge in [-0.15, -0.1) is 22.9 Å². The number of halogens is 1. The first kappa shape index (κ1) is 20.4. The number of benzene rings is 1. The highest BCUT2D eigenvalue weighted by Gasteiger charge is 2.27. The number of hydrogen-bond acceptors (Lipinski definition) is 4. The van der Waals surface area contributed by atoms with Crippen LogP contribution in [-0.4, -0.2) is 33.8 Å². The van der Waals surface area contributed by atoms with Gasteiger partial charge in [0.15, 0.2) is 0 Å². The van der Waals surface area contributed by atoms with Crippen LogP contribution in [0, 0.1) is 0 Å². The SMILES string of the molecule is CC(C)NC(=O)c1csc(CN(C(=O)C(Cl)c2ccccc2)C(C)C)n1. The van der Waals surface area contributed by atoms with Crippen molar-refractivity contribution in [2.45, 2.75) is 51.7 Å². The lowest BCUT2D eigenvalue weighted by atomic mass is 10.1. The minimum Gasteiger partial charge on any atom is -0.349 e. The van der Waals surface area contributed by atoms with Gasteiger partial charge in [-0.1, -0.05) is 30.3 Å². The fraction of sp³-hybridized carbons (Fsp3) is 0.421. The predicted octanol–water partition coefficient (Wildman–Crippen LogP) is 4.00. The average molecular weight is 394 g/mol. The van der Waals surface area contributed by atoms with E-state index in [4.69, 9.17) is 11.6 Å². The summed E-state index contributed by atoms with van der Waals surface area (Å²) >= 11 is 7.77. The van der Waals surface area contributed by atoms with E-state index in [9.17, 15) is 9.59 Å². The normalized spacial score (nSPS) is 12.3. The van der Waals surface area contributed by atoms with Crippen molar-refractivity contribution >= 4 is 34.8 Å². The van der Waals surface area contributed by atoms with E-state index in [1.807, 2.05) is 58.0 Å². The van der Waals surface area contributed by atoms with Crippen LogP contribution < -0.4 is 5.32 Å². The highest BCUT2D eigenvalue weighted by atomic mass is 35.5. The number of thiazole rings is 1. The second-order valence-electron chi connectivity index (χ2n) is 6.59. The first-order chi connectivity index (χ1) is 12.3. The van der Waals surface area contributed by atoms with Gasteiger partial charge >= 0.3 is 0 Å². The quantitative estimate of drug-likeness (QED) is 0.723. The summed E-state index contributed by atoms with van der Waals surface area (Å²) in [6.45, 7) is 7.99. The number of hydrogen-bond donors (Lipinski definition) is 1. The summed E-state index contributed by atoms with van der Waals surface area (Å²) in [5.74, 6) is -0.374. The molecule has 1 N–H and O–H groups in total. The maximum absolute atomic E-state index is 12.9. The molecule has 2 amide bonds. The molecule has 0 fully saturated rings. The summed E-state index contributed by atoms with van der Waals surface area (Å²) in [5.41, 5.74) is 1.14. The minimum absolute atomic E-state index is 0.0377. The summed E-state index contributed by atoms with van der Waals surface area (Å²) in [7, 11) is 0. The molecule has 26 heavy (non-hydrogen) atoms. The Hall–Kier alpha value is -1.92. The average Bonchev–Trinajstić information content (AvgIpc) is 3.07. The van der Waals surface area contributed by atoms with Crippen molar-refractivity contribution in [1.82, 2.24) is 15.2 Å². The summed E-state index contributed by atoms with van der Waals surface area (Å²) in [6, 6.07) is 9.29. The smallest absolute Gasteiger partial charge is 0.270 e. The van der Waals surface area contributed by atoms with Gasteiger partial charge in [0, 0.05) is 17.5 Å². The molecule has 1 atom stereocenters. The molecule has 0 saturated carbocycles. The molecule has 1 aromatic heterocycles. The fourth-order valence-corrected chi connectivity index (χ4v) is 3.44. The number of amides is 2. The number of carbonyl (C=O) groups excluding carboxylic acids is 2. The first-order valence-corrected chi connectivity index (χ1v) is 9.86. The third-order valence-corrected chi connectivity index (χ3v) is 5.00. The van der Waals surface area contributed by atoms with Gasteiger partial charge in [-0.3, -0.25) is 9.59 Å². The molecule has 0 bridgehead atoms. The van der Waals surface area contributed by atoms with Crippen LogP contribution in [0.3, 0.4) is 0 Å². The van der Waals surface area contributed by atoms with E-state index in [0.717, 1.165) is 5.56 Å². The second-order valence-corrected chi connectivity index (χ2v) is 7.97. The van der Waals surface area contributed by atoms with Crippen LogP contribution in [0.2, 0.25) is 0 Å². The Bertz CT molecular complexity index is 746. The van der Waals surface area contributed by atoms with E-state index >= 15 is 0 Å². The van der Waals surface area contributed by atoms with E-state index in [2.05, 4.69) is 10.3 Å². The zero-order chi connectivity index (χ0) is 19.3. The van der Waals surface area contributed by atoms with E-state index in [1.54, 1.807) is 10.3 Å². The van der Waals surface area contributed by atoms with Gasteiger partial charge in [-0.25, -0.2) is 4.98 Å². The summed E-state index contributed by atoms with van der Waals surface area (Å²) in [5, 5.41) is 4.49. The number of aromatic nitrogens is 1. The molecule has 0 spiro atoms. The molecule has 0 aliphatic carbocycles. The van der Waals surface area contributed by atoms with Gasteiger partial charge in [-0.05, 0) is 33.3 Å². The third-order valence-electron chi connectivity index (χ3n) is 3.73. The van der Waals surface area contributed by atoms with Gasteiger partial charge in [0.1, 0.15) is 16.1 Å². The topological polar surface area (TPSA) is 62.3 Å². The van der Waals surface area contributed by atoms with Crippen LogP contribution in [0.1, 0.15) is 54.1 Å². The molecule has 2 rings (SSSR count). The summed E-state index contributed by atoms with van der Waals surface area (Å²) in [6.07, 6.45) is 0. The zero-order valence-electron chi connectivity index (χ0n) is 15.4. The van der Waals surface area contributed by atoms with Crippen LogP contribution >= 0.6 is 22.9 Å². The summed E-state index contributed by atoms with van der Waals surface area (Å²) < 4.78 is 0. The Labute approximate surface area is 163 Å². The maximum Gasteiger partial charge on any atom is 0.270 e. The van der Waals surface area contributed by atoms with Crippen molar-refractivity contribution in [3.8, 4) is 0 Å². The number of rotatable bonds is 7. The molecular formula is C19H24ClN3O2S. The Morgan fingerprint density at radius 3 is 2.42 bits per heavy atom. The monoisotopic (exact) mass is 393 g/mol. The van der Waals surface area contributed by atoms with Crippen molar-refractivity contribution in [2.75, 3.05) is 0 Å². The van der Waals surface area contributed by atoms with E-state index in [0.29, 0.717) is 17.2 Å². The molecule has 1 unspecified atom stereocenters. The zero-order valence-corrected chi connectivity index (χ0v) is 17.0. The maximum atomic E-state index is 12.9. The molecular weight excluding hydrogens is 370 g/mol. The van der Waals surface area contributed by atoms with Crippen LogP contribution in [0.5, 0.6) is 0 Å². The Kier molecular flexibility index (Phi) is 7.17. The lowest BCUT2D eigenvalue weighted by molar-refractivity contribution is -0.133. The largest absolute Gasteiger partial charge is 0.349 e. The van der Waals surface area contributed by atoms with Crippen LogP contribution in [0.25, 0.3) is 0 Å². The lowest BCUT2D eigenvalue weighted by Crippen LogP contribution is -2.38. The van der Waals surface area contributed by atoms with Crippen LogP contribution in [-0.2, 0) is 11.3 Å². The molecule has 7 heteroatoms. The highest BCUT2D eigenvalue weighted by molar-refractivity contribution is 7.09. The molecule has 0 aliphatic rings. The van der Waals surface area contributed by atoms with E-state index in [1.165, 1.54) is 11.3 Å². The molecule has 0 radical (unpaired) electrons. The lowest BCUT2D eigenvalue weighted by Gasteiger charge is -2.28. The van der Waals surface area contributed by atoms with E-state index in [-0.39, 0.29) is 23.9 Å². The molecule has 140 valence electrons. The molecule has 1 aromatic carbocycles. The van der Waals surface area contributed by atoms with Crippen molar-refractivity contribution in [3.05, 3.63) is 52.0 Å². The Balaban J connectivity index is 2.12. The molecule has 0 saturated heterocycles. The van der Waals surface area contributed by atoms with Crippen molar-refractivity contribution in [2.24, 2.45) is 0 Å². The van der Waals surface area contributed by atoms with Crippen molar-refractivity contribution < 1.29 is 9.59 Å². The first-order valence-electron chi connectivity index (χ1n) is 8.54. The number of nitrogens with one attached hydrogen (secondary N) is 1. The fourth-order valence-electron chi connectivity index (χ4n) is 2.39. The number of nitrogens with zero attached hydrogens (tertiary/aromatic N) is 2. The standard InChI is InChI=1S/C19H24ClN3O2S/c1-12(2)21-18(24)15-11-26-16(22-15)10-23(13(3)4)19(25)17(20)14-8-6-5-7-9-14/h5-9,11-13,17H,10H2,1-4H3,(H,21,24). The number of carbonyl (C=O) groups is 2. The molecule has 0 aliphatic heterocycles. The van der Waals surface area contributed by atoms with Crippen molar-refractivity contribution in [1.29, 1.82) is 0 Å². The molecule has 2 aromatic rings. The Morgan fingerprint density at radius 2 is 1.85 bits per heavy atom. The van der Waals surface area contributed by atoms with Gasteiger partial charge in [0.25, 0.3) is 5.91 Å². The summed E-state index contributed by atoms with van der Waals surface area (Å²) in [4.78, 5) is 31.0. The van der Waals surface area contributed by atoms with Crippen LogP contribution in [0.4, 0.5) is 0 Å². The van der Waals surface area contributed by atoms with Gasteiger partial charge in [-0.2, -0.15) is 0 Å². The van der Waals surface area contributed by atoms with Crippen LogP contribution in [0.15, 0.2) is 35.7 Å². The minimum atomic E-state index is -0.748. The Morgan fingerprint density at radius 1 is 1.19 bits per heavy atom. The van der Waals surface area contributed by atoms with Crippen molar-refractivity contribution in [3.63, 3.8) is 0 Å². The third kappa shape index (κ3) is 5.29. The molecule has 1 heterocycles. The predicted molar refractivity (Wildman–Crippen MR) is 105 cm³/mol. The number of alkyl halides is 1. The highest BCUT2D eigenvalue weighted by Crippen LogP contribution is 2.25. The second kappa shape index (κ2) is 9.14. The van der Waals surface area contributed by atoms with Gasteiger partial charge < -0.3 is 10.2 Å². The van der Waals surface area contributed by atoms with Gasteiger partial charge in [0.2, 0.25) is 5.91 Å². The van der Waals surface area contributed by atoms with Gasteiger partial charge in [0.05, 0.1) is 6.54 Å². The van der Waals surface area contributed by atoms with E-state index < -0.39 is 5.38 Å². The molecule has 5 nitrogen and oxygen atoms in total.